The topological polar surface area (TPSA) is 69.1 Å². The van der Waals surface area contributed by atoms with E-state index < -0.39 is 0 Å². The van der Waals surface area contributed by atoms with Crippen LogP contribution in [0.5, 0.6) is 0 Å². The van der Waals surface area contributed by atoms with Gasteiger partial charge < -0.3 is 5.73 Å². The van der Waals surface area contributed by atoms with Crippen LogP contribution in [0.3, 0.4) is 0 Å². The van der Waals surface area contributed by atoms with E-state index in [9.17, 15) is 0 Å². The predicted octanol–water partition coefficient (Wildman–Crippen LogP) is 3.28. The van der Waals surface area contributed by atoms with E-state index >= 15 is 0 Å². The van der Waals surface area contributed by atoms with Gasteiger partial charge in [0.2, 0.25) is 5.16 Å². The van der Waals surface area contributed by atoms with Gasteiger partial charge in [0.1, 0.15) is 5.82 Å². The van der Waals surface area contributed by atoms with E-state index in [1.54, 1.807) is 15.9 Å². The van der Waals surface area contributed by atoms with E-state index in [1.165, 1.54) is 11.8 Å². The molecule has 0 spiro atoms. The largest absolute Gasteiger partial charge is 0.383 e. The number of nitrogen functional groups attached to an aromatic ring is 1. The highest BCUT2D eigenvalue weighted by atomic mass is 32.2. The highest BCUT2D eigenvalue weighted by Crippen LogP contribution is 2.36. The smallest absolute Gasteiger partial charge is 0.255 e. The third-order valence-electron chi connectivity index (χ3n) is 3.03. The molecule has 0 aliphatic rings. The third kappa shape index (κ3) is 2.06. The molecule has 3 heterocycles. The summed E-state index contributed by atoms with van der Waals surface area (Å²) in [6, 6.07) is 4.07. The van der Waals surface area contributed by atoms with Crippen LogP contribution in [0.15, 0.2) is 22.7 Å². The average Bonchev–Trinajstić information content (AvgIpc) is 3.06. The lowest BCUT2D eigenvalue weighted by Gasteiger charge is -2.13. The Labute approximate surface area is 125 Å². The van der Waals surface area contributed by atoms with Crippen LogP contribution in [0.4, 0.5) is 5.82 Å². The second kappa shape index (κ2) is 5.06. The van der Waals surface area contributed by atoms with Gasteiger partial charge in [-0.1, -0.05) is 31.7 Å². The van der Waals surface area contributed by atoms with Crippen LogP contribution in [0.2, 0.25) is 0 Å². The summed E-state index contributed by atoms with van der Waals surface area (Å²) in [5, 5.41) is 7.11. The fraction of sp³-hybridized carbons (Fsp3) is 0.308. The Hall–Kier alpha value is -1.60. The normalized spacial score (nSPS) is 11.6. The summed E-state index contributed by atoms with van der Waals surface area (Å²) < 4.78 is 1.63. The minimum Gasteiger partial charge on any atom is -0.383 e. The van der Waals surface area contributed by atoms with Crippen LogP contribution >= 0.6 is 23.1 Å². The van der Waals surface area contributed by atoms with Gasteiger partial charge in [-0.05, 0) is 23.6 Å². The van der Waals surface area contributed by atoms with Crippen molar-refractivity contribution in [2.75, 3.05) is 12.0 Å². The van der Waals surface area contributed by atoms with Gasteiger partial charge in [-0.3, -0.25) is 0 Å². The number of thioether (sulfide) groups is 1. The number of rotatable bonds is 3. The van der Waals surface area contributed by atoms with E-state index in [-0.39, 0.29) is 5.92 Å². The zero-order valence-corrected chi connectivity index (χ0v) is 13.1. The highest BCUT2D eigenvalue weighted by molar-refractivity contribution is 7.98. The van der Waals surface area contributed by atoms with Crippen molar-refractivity contribution in [1.82, 2.24) is 19.6 Å². The minimum absolute atomic E-state index is 0.272. The zero-order chi connectivity index (χ0) is 14.3. The SMILES string of the molecule is CSc1nc2nc(C(C)C)c(-c3cccs3)c(N)n2n1. The summed E-state index contributed by atoms with van der Waals surface area (Å²) in [6.45, 7) is 4.22. The molecule has 0 amide bonds. The number of fused-ring (bicyclic) bond motifs is 1. The molecular weight excluding hydrogens is 290 g/mol. The molecule has 7 heteroatoms. The monoisotopic (exact) mass is 305 g/mol. The fourth-order valence-corrected chi connectivity index (χ4v) is 3.22. The maximum Gasteiger partial charge on any atom is 0.255 e. The molecule has 0 fully saturated rings. The van der Waals surface area contributed by atoms with Gasteiger partial charge in [-0.25, -0.2) is 4.98 Å². The molecule has 3 rings (SSSR count). The van der Waals surface area contributed by atoms with Crippen LogP contribution in [-0.4, -0.2) is 25.8 Å². The van der Waals surface area contributed by atoms with Crippen molar-refractivity contribution in [2.24, 2.45) is 0 Å². The minimum atomic E-state index is 0.272. The molecule has 20 heavy (non-hydrogen) atoms. The molecule has 3 aromatic heterocycles. The van der Waals surface area contributed by atoms with Gasteiger partial charge in [-0.15, -0.1) is 16.4 Å². The molecule has 0 bridgehead atoms. The van der Waals surface area contributed by atoms with Crippen LogP contribution < -0.4 is 5.73 Å². The molecule has 104 valence electrons. The first-order chi connectivity index (χ1) is 9.61. The van der Waals surface area contributed by atoms with Crippen LogP contribution in [0.1, 0.15) is 25.5 Å². The summed E-state index contributed by atoms with van der Waals surface area (Å²) in [5.74, 6) is 1.44. The summed E-state index contributed by atoms with van der Waals surface area (Å²) >= 11 is 3.14. The lowest BCUT2D eigenvalue weighted by molar-refractivity contribution is 0.811. The van der Waals surface area contributed by atoms with Crippen LogP contribution in [0, 0.1) is 0 Å². The molecule has 5 nitrogen and oxygen atoms in total. The molecule has 0 saturated carbocycles. The van der Waals surface area contributed by atoms with E-state index in [4.69, 9.17) is 5.73 Å². The van der Waals surface area contributed by atoms with Crippen molar-refractivity contribution in [2.45, 2.75) is 24.9 Å². The van der Waals surface area contributed by atoms with Gasteiger partial charge in [-0.2, -0.15) is 9.50 Å². The number of hydrogen-bond acceptors (Lipinski definition) is 6. The Kier molecular flexibility index (Phi) is 3.39. The van der Waals surface area contributed by atoms with Crippen molar-refractivity contribution in [3.63, 3.8) is 0 Å². The van der Waals surface area contributed by atoms with E-state index in [0.29, 0.717) is 16.8 Å². The van der Waals surface area contributed by atoms with E-state index in [0.717, 1.165) is 16.1 Å². The van der Waals surface area contributed by atoms with Gasteiger partial charge in [0.05, 0.1) is 11.3 Å². The molecule has 0 aliphatic carbocycles. The van der Waals surface area contributed by atoms with Gasteiger partial charge in [0.25, 0.3) is 5.78 Å². The first-order valence-electron chi connectivity index (χ1n) is 6.25. The number of aromatic nitrogens is 4. The van der Waals surface area contributed by atoms with Crippen molar-refractivity contribution in [3.05, 3.63) is 23.2 Å². The molecule has 0 aliphatic heterocycles. The lowest BCUT2D eigenvalue weighted by atomic mass is 10.0. The molecule has 0 saturated heterocycles. The predicted molar refractivity (Wildman–Crippen MR) is 84.4 cm³/mol. The van der Waals surface area contributed by atoms with Gasteiger partial charge in [0, 0.05) is 4.88 Å². The number of thiophene rings is 1. The molecule has 3 aromatic rings. The van der Waals surface area contributed by atoms with Gasteiger partial charge in [0.15, 0.2) is 0 Å². The first kappa shape index (κ1) is 13.4. The van der Waals surface area contributed by atoms with Crippen molar-refractivity contribution < 1.29 is 0 Å². The van der Waals surface area contributed by atoms with E-state index in [1.807, 2.05) is 17.7 Å². The van der Waals surface area contributed by atoms with Crippen molar-refractivity contribution >= 4 is 34.7 Å². The Morgan fingerprint density at radius 1 is 1.35 bits per heavy atom. The van der Waals surface area contributed by atoms with Crippen LogP contribution in [0.25, 0.3) is 16.2 Å². The summed E-state index contributed by atoms with van der Waals surface area (Å²) in [4.78, 5) is 10.2. The molecule has 0 atom stereocenters. The summed E-state index contributed by atoms with van der Waals surface area (Å²) in [7, 11) is 0. The van der Waals surface area contributed by atoms with E-state index in [2.05, 4.69) is 35.0 Å². The summed E-state index contributed by atoms with van der Waals surface area (Å²) in [5.41, 5.74) is 8.28. The molecule has 0 radical (unpaired) electrons. The van der Waals surface area contributed by atoms with Gasteiger partial charge >= 0.3 is 0 Å². The Bertz CT molecular complexity index is 746. The van der Waals surface area contributed by atoms with Crippen molar-refractivity contribution in [1.29, 1.82) is 0 Å². The van der Waals surface area contributed by atoms with Crippen molar-refractivity contribution in [3.8, 4) is 10.4 Å². The number of nitrogens with two attached hydrogens (primary N) is 1. The first-order valence-corrected chi connectivity index (χ1v) is 8.36. The second-order valence-electron chi connectivity index (χ2n) is 4.70. The quantitative estimate of drug-likeness (QED) is 0.752. The van der Waals surface area contributed by atoms with Crippen LogP contribution in [-0.2, 0) is 0 Å². The second-order valence-corrected chi connectivity index (χ2v) is 6.42. The highest BCUT2D eigenvalue weighted by Gasteiger charge is 2.20. The fourth-order valence-electron chi connectivity index (χ4n) is 2.10. The lowest BCUT2D eigenvalue weighted by Crippen LogP contribution is -2.08. The molecular formula is C13H15N5S2. The maximum atomic E-state index is 6.33. The molecule has 2 N–H and O–H groups in total. The average molecular weight is 305 g/mol. The summed E-state index contributed by atoms with van der Waals surface area (Å²) in [6.07, 6.45) is 1.94. The number of hydrogen-bond donors (Lipinski definition) is 1. The Balaban J connectivity index is 2.36. The number of nitrogens with zero attached hydrogens (tertiary/aromatic N) is 4. The molecule has 0 unspecified atom stereocenters. The Morgan fingerprint density at radius 2 is 2.15 bits per heavy atom. The number of anilines is 1. The third-order valence-corrected chi connectivity index (χ3v) is 4.45. The molecule has 0 aromatic carbocycles. The maximum absolute atomic E-state index is 6.33. The standard InChI is InChI=1S/C13H15N5S2/c1-7(2)10-9(8-5-4-6-20-8)11(14)18-12(15-10)16-13(17-18)19-3/h4-7H,14H2,1-3H3. The Morgan fingerprint density at radius 3 is 2.75 bits per heavy atom. The zero-order valence-electron chi connectivity index (χ0n) is 11.5.